The fraction of sp³-hybridized carbons (Fsp3) is 0.0667. The van der Waals surface area contributed by atoms with Crippen LogP contribution in [0.5, 0.6) is 0 Å². The van der Waals surface area contributed by atoms with Crippen molar-refractivity contribution in [2.75, 3.05) is 5.32 Å². The van der Waals surface area contributed by atoms with Crippen molar-refractivity contribution in [3.63, 3.8) is 0 Å². The van der Waals surface area contributed by atoms with Gasteiger partial charge in [0.2, 0.25) is 5.91 Å². The number of aromatic carboxylic acids is 1. The van der Waals surface area contributed by atoms with Gasteiger partial charge >= 0.3 is 5.97 Å². The van der Waals surface area contributed by atoms with E-state index in [9.17, 15) is 9.59 Å². The van der Waals surface area contributed by atoms with Gasteiger partial charge < -0.3 is 10.4 Å². The summed E-state index contributed by atoms with van der Waals surface area (Å²) < 4.78 is 0. The highest BCUT2D eigenvalue weighted by Gasteiger charge is 2.10. The van der Waals surface area contributed by atoms with E-state index in [1.165, 1.54) is 18.2 Å². The van der Waals surface area contributed by atoms with E-state index >= 15 is 0 Å². The van der Waals surface area contributed by atoms with Crippen molar-refractivity contribution in [1.29, 1.82) is 0 Å². The van der Waals surface area contributed by atoms with Crippen molar-refractivity contribution in [2.45, 2.75) is 6.42 Å². The third-order valence-electron chi connectivity index (χ3n) is 2.76. The van der Waals surface area contributed by atoms with E-state index in [0.717, 1.165) is 5.56 Å². The van der Waals surface area contributed by atoms with Gasteiger partial charge in [-0.1, -0.05) is 35.3 Å². The molecular formula is C15H11Cl2NO3. The lowest BCUT2D eigenvalue weighted by Crippen LogP contribution is -2.14. The van der Waals surface area contributed by atoms with Gasteiger partial charge in [-0.05, 0) is 35.9 Å². The first-order valence-electron chi connectivity index (χ1n) is 6.03. The normalized spacial score (nSPS) is 10.2. The van der Waals surface area contributed by atoms with Gasteiger partial charge in [-0.3, -0.25) is 4.79 Å². The highest BCUT2D eigenvalue weighted by atomic mass is 35.5. The molecule has 0 atom stereocenters. The number of carbonyl (C=O) groups excluding carboxylic acids is 1. The van der Waals surface area contributed by atoms with E-state index in [2.05, 4.69) is 5.32 Å². The Morgan fingerprint density at radius 1 is 1.05 bits per heavy atom. The lowest BCUT2D eigenvalue weighted by Gasteiger charge is -2.07. The molecule has 0 bridgehead atoms. The van der Waals surface area contributed by atoms with Gasteiger partial charge in [0, 0.05) is 10.7 Å². The summed E-state index contributed by atoms with van der Waals surface area (Å²) >= 11 is 11.6. The van der Waals surface area contributed by atoms with Crippen LogP contribution in [0.1, 0.15) is 15.9 Å². The molecule has 1 amide bonds. The van der Waals surface area contributed by atoms with Crippen LogP contribution in [0.3, 0.4) is 0 Å². The quantitative estimate of drug-likeness (QED) is 0.897. The van der Waals surface area contributed by atoms with E-state index in [0.29, 0.717) is 10.7 Å². The molecule has 0 radical (unpaired) electrons. The Labute approximate surface area is 131 Å². The molecule has 0 fully saturated rings. The van der Waals surface area contributed by atoms with E-state index in [1.54, 1.807) is 24.3 Å². The molecule has 2 N–H and O–H groups in total. The summed E-state index contributed by atoms with van der Waals surface area (Å²) in [7, 11) is 0. The highest BCUT2D eigenvalue weighted by Crippen LogP contribution is 2.21. The number of amides is 1. The zero-order chi connectivity index (χ0) is 15.4. The molecule has 6 heteroatoms. The van der Waals surface area contributed by atoms with Gasteiger partial charge in [0.1, 0.15) is 0 Å². The molecule has 21 heavy (non-hydrogen) atoms. The second-order valence-corrected chi connectivity index (χ2v) is 5.19. The SMILES string of the molecule is O=C(Cc1ccc(Cl)cc1)Nc1ccc(C(=O)O)c(Cl)c1. The Bertz CT molecular complexity index is 684. The van der Waals surface area contributed by atoms with E-state index in [-0.39, 0.29) is 22.9 Å². The van der Waals surface area contributed by atoms with Gasteiger partial charge in [-0.25, -0.2) is 4.79 Å². The third kappa shape index (κ3) is 4.21. The molecule has 0 saturated heterocycles. The number of hydrogen-bond acceptors (Lipinski definition) is 2. The Morgan fingerprint density at radius 3 is 2.29 bits per heavy atom. The molecule has 0 aliphatic carbocycles. The molecule has 0 heterocycles. The monoisotopic (exact) mass is 323 g/mol. The molecular weight excluding hydrogens is 313 g/mol. The molecule has 0 aliphatic heterocycles. The number of nitrogens with one attached hydrogen (secondary N) is 1. The lowest BCUT2D eigenvalue weighted by molar-refractivity contribution is -0.115. The fourth-order valence-electron chi connectivity index (χ4n) is 1.76. The van der Waals surface area contributed by atoms with Gasteiger partial charge in [0.25, 0.3) is 0 Å². The van der Waals surface area contributed by atoms with Crippen molar-refractivity contribution in [3.8, 4) is 0 Å². The number of hydrogen-bond donors (Lipinski definition) is 2. The largest absolute Gasteiger partial charge is 0.478 e. The fourth-order valence-corrected chi connectivity index (χ4v) is 2.15. The van der Waals surface area contributed by atoms with Crippen LogP contribution in [0.25, 0.3) is 0 Å². The molecule has 0 spiro atoms. The smallest absolute Gasteiger partial charge is 0.337 e. The van der Waals surface area contributed by atoms with Gasteiger partial charge in [-0.2, -0.15) is 0 Å². The van der Waals surface area contributed by atoms with E-state index in [1.807, 2.05) is 0 Å². The maximum absolute atomic E-state index is 11.9. The number of carboxylic acids is 1. The van der Waals surface area contributed by atoms with Crippen LogP contribution in [0.15, 0.2) is 42.5 Å². The second kappa shape index (κ2) is 6.61. The summed E-state index contributed by atoms with van der Waals surface area (Å²) in [5, 5.41) is 12.2. The first-order valence-corrected chi connectivity index (χ1v) is 6.78. The summed E-state index contributed by atoms with van der Waals surface area (Å²) in [5.74, 6) is -1.34. The maximum atomic E-state index is 11.9. The van der Waals surface area contributed by atoms with Crippen molar-refractivity contribution in [2.24, 2.45) is 0 Å². The number of carboxylic acid groups (broad SMARTS) is 1. The minimum absolute atomic E-state index is 0.00707. The van der Waals surface area contributed by atoms with Crippen LogP contribution in [-0.2, 0) is 11.2 Å². The summed E-state index contributed by atoms with van der Waals surface area (Å²) in [6, 6.07) is 11.2. The Morgan fingerprint density at radius 2 is 1.71 bits per heavy atom. The van der Waals surface area contributed by atoms with Crippen molar-refractivity contribution in [1.82, 2.24) is 0 Å². The number of anilines is 1. The molecule has 2 rings (SSSR count). The Balaban J connectivity index is 2.04. The van der Waals surface area contributed by atoms with Crippen LogP contribution in [-0.4, -0.2) is 17.0 Å². The zero-order valence-electron chi connectivity index (χ0n) is 10.8. The predicted octanol–water partition coefficient (Wildman–Crippen LogP) is 3.87. The van der Waals surface area contributed by atoms with Crippen LogP contribution >= 0.6 is 23.2 Å². The van der Waals surface area contributed by atoms with Crippen LogP contribution in [0, 0.1) is 0 Å². The minimum atomic E-state index is -1.11. The molecule has 0 saturated carbocycles. The number of rotatable bonds is 4. The topological polar surface area (TPSA) is 66.4 Å². The van der Waals surface area contributed by atoms with Gasteiger partial charge in [0.05, 0.1) is 17.0 Å². The summed E-state index contributed by atoms with van der Waals surface area (Å²) in [4.78, 5) is 22.7. The number of halogens is 2. The summed E-state index contributed by atoms with van der Waals surface area (Å²) in [5.41, 5.74) is 1.27. The zero-order valence-corrected chi connectivity index (χ0v) is 12.3. The third-order valence-corrected chi connectivity index (χ3v) is 3.33. The van der Waals surface area contributed by atoms with Crippen molar-refractivity contribution in [3.05, 3.63) is 63.6 Å². The number of benzene rings is 2. The summed E-state index contributed by atoms with van der Waals surface area (Å²) in [6.45, 7) is 0. The van der Waals surface area contributed by atoms with Crippen LogP contribution in [0.2, 0.25) is 10.0 Å². The van der Waals surface area contributed by atoms with Crippen LogP contribution < -0.4 is 5.32 Å². The molecule has 4 nitrogen and oxygen atoms in total. The molecule has 108 valence electrons. The van der Waals surface area contributed by atoms with Crippen molar-refractivity contribution < 1.29 is 14.7 Å². The van der Waals surface area contributed by atoms with Crippen LogP contribution in [0.4, 0.5) is 5.69 Å². The number of carbonyl (C=O) groups is 2. The van der Waals surface area contributed by atoms with E-state index in [4.69, 9.17) is 28.3 Å². The average Bonchev–Trinajstić information content (AvgIpc) is 2.41. The van der Waals surface area contributed by atoms with Crippen molar-refractivity contribution >= 4 is 40.8 Å². The standard InChI is InChI=1S/C15H11Cl2NO3/c16-10-3-1-9(2-4-10)7-14(19)18-11-5-6-12(15(20)21)13(17)8-11/h1-6,8H,7H2,(H,18,19)(H,20,21). The van der Waals surface area contributed by atoms with E-state index < -0.39 is 5.97 Å². The molecule has 2 aromatic rings. The molecule has 0 aliphatic rings. The second-order valence-electron chi connectivity index (χ2n) is 4.35. The lowest BCUT2D eigenvalue weighted by atomic mass is 10.1. The average molecular weight is 324 g/mol. The maximum Gasteiger partial charge on any atom is 0.337 e. The minimum Gasteiger partial charge on any atom is -0.478 e. The highest BCUT2D eigenvalue weighted by molar-refractivity contribution is 6.33. The van der Waals surface area contributed by atoms with Gasteiger partial charge in [-0.15, -0.1) is 0 Å². The first kappa shape index (κ1) is 15.4. The Kier molecular flexibility index (Phi) is 4.83. The predicted molar refractivity (Wildman–Crippen MR) is 82.2 cm³/mol. The van der Waals surface area contributed by atoms with Gasteiger partial charge in [0.15, 0.2) is 0 Å². The summed E-state index contributed by atoms with van der Waals surface area (Å²) in [6.07, 6.45) is 0.190. The molecule has 0 aromatic heterocycles. The first-order chi connectivity index (χ1) is 9.95. The molecule has 2 aromatic carbocycles. The molecule has 0 unspecified atom stereocenters. The Hall–Kier alpha value is -2.04.